The number of H-pyrrole nitrogens is 1. The highest BCUT2D eigenvalue weighted by atomic mass is 32.1. The van der Waals surface area contributed by atoms with E-state index in [2.05, 4.69) is 15.0 Å². The zero-order valence-corrected chi connectivity index (χ0v) is 11.6. The van der Waals surface area contributed by atoms with Crippen molar-refractivity contribution < 1.29 is 4.79 Å². The summed E-state index contributed by atoms with van der Waals surface area (Å²) in [5.74, 6) is 0.217. The highest BCUT2D eigenvalue weighted by Crippen LogP contribution is 2.29. The molecule has 5 nitrogen and oxygen atoms in total. The minimum Gasteiger partial charge on any atom is -0.368 e. The summed E-state index contributed by atoms with van der Waals surface area (Å²) in [5, 5.41) is 3.97. The Hall–Kier alpha value is -2.47. The first-order valence-electron chi connectivity index (χ1n) is 6.00. The molecular formula is C14H12N4OS. The average molecular weight is 284 g/mol. The Labute approximate surface area is 119 Å². The third-order valence-corrected chi connectivity index (χ3v) is 3.64. The molecule has 0 saturated heterocycles. The number of nitrogens with one attached hydrogen (secondary N) is 1. The lowest BCUT2D eigenvalue weighted by atomic mass is 10.1. The lowest BCUT2D eigenvalue weighted by molar-refractivity contribution is 0.101. The molecule has 3 rings (SSSR count). The largest absolute Gasteiger partial charge is 0.368 e. The molecule has 0 fully saturated rings. The van der Waals surface area contributed by atoms with E-state index in [1.54, 1.807) is 36.6 Å². The van der Waals surface area contributed by atoms with Gasteiger partial charge in [0.1, 0.15) is 0 Å². The molecule has 6 heteroatoms. The highest BCUT2D eigenvalue weighted by Gasteiger charge is 2.15. The molecule has 0 aliphatic heterocycles. The number of nitrogens with two attached hydrogens (primary N) is 1. The molecule has 0 unspecified atom stereocenters. The van der Waals surface area contributed by atoms with Crippen molar-refractivity contribution in [1.82, 2.24) is 15.0 Å². The van der Waals surface area contributed by atoms with E-state index in [1.165, 1.54) is 0 Å². The topological polar surface area (TPSA) is 84.7 Å². The second kappa shape index (κ2) is 4.90. The van der Waals surface area contributed by atoms with Gasteiger partial charge in [0.25, 0.3) is 0 Å². The Bertz CT molecular complexity index is 761. The highest BCUT2D eigenvalue weighted by molar-refractivity contribution is 7.08. The fourth-order valence-corrected chi connectivity index (χ4v) is 2.68. The van der Waals surface area contributed by atoms with Crippen LogP contribution in [0.2, 0.25) is 0 Å². The molecule has 0 spiro atoms. The van der Waals surface area contributed by atoms with Gasteiger partial charge in [-0.1, -0.05) is 0 Å². The van der Waals surface area contributed by atoms with Crippen LogP contribution in [0.4, 0.5) is 5.95 Å². The fraction of sp³-hybridized carbons (Fsp3) is 0.0714. The number of ketones is 1. The van der Waals surface area contributed by atoms with Gasteiger partial charge in [-0.25, -0.2) is 9.97 Å². The molecule has 0 aliphatic rings. The monoisotopic (exact) mass is 284 g/mol. The van der Waals surface area contributed by atoms with E-state index >= 15 is 0 Å². The van der Waals surface area contributed by atoms with Gasteiger partial charge < -0.3 is 10.7 Å². The molecule has 0 aromatic carbocycles. The van der Waals surface area contributed by atoms with Gasteiger partial charge in [0, 0.05) is 22.7 Å². The van der Waals surface area contributed by atoms with Crippen LogP contribution in [-0.2, 0) is 0 Å². The third-order valence-electron chi connectivity index (χ3n) is 2.96. The molecule has 3 heterocycles. The zero-order valence-electron chi connectivity index (χ0n) is 10.8. The average Bonchev–Trinajstić information content (AvgIpc) is 3.08. The Morgan fingerprint density at radius 3 is 2.90 bits per heavy atom. The van der Waals surface area contributed by atoms with E-state index in [0.29, 0.717) is 11.3 Å². The Morgan fingerprint density at radius 2 is 2.25 bits per heavy atom. The van der Waals surface area contributed by atoms with Gasteiger partial charge >= 0.3 is 0 Å². The number of thiophene rings is 1. The summed E-state index contributed by atoms with van der Waals surface area (Å²) in [7, 11) is 0. The summed E-state index contributed by atoms with van der Waals surface area (Å²) >= 11 is 1.59. The first-order chi connectivity index (χ1) is 9.65. The van der Waals surface area contributed by atoms with Crippen LogP contribution in [-0.4, -0.2) is 20.7 Å². The van der Waals surface area contributed by atoms with E-state index < -0.39 is 0 Å². The predicted octanol–water partition coefficient (Wildman–Crippen LogP) is 2.99. The molecule has 3 aromatic heterocycles. The van der Waals surface area contributed by atoms with Crippen molar-refractivity contribution in [3.63, 3.8) is 0 Å². The summed E-state index contributed by atoms with van der Waals surface area (Å²) in [6.07, 6.45) is 1.59. The number of anilines is 1. The summed E-state index contributed by atoms with van der Waals surface area (Å²) in [6.45, 7) is 1.55. The van der Waals surface area contributed by atoms with Gasteiger partial charge in [-0.2, -0.15) is 11.3 Å². The van der Waals surface area contributed by atoms with Gasteiger partial charge in [0.2, 0.25) is 5.95 Å². The van der Waals surface area contributed by atoms with E-state index in [0.717, 1.165) is 17.0 Å². The van der Waals surface area contributed by atoms with Gasteiger partial charge in [-0.05, 0) is 30.5 Å². The van der Waals surface area contributed by atoms with Crippen LogP contribution in [0.15, 0.2) is 35.2 Å². The summed E-state index contributed by atoms with van der Waals surface area (Å²) in [6, 6.07) is 5.53. The molecule has 0 atom stereocenters. The Kier molecular flexibility index (Phi) is 3.08. The zero-order chi connectivity index (χ0) is 14.1. The third kappa shape index (κ3) is 2.21. The van der Waals surface area contributed by atoms with Crippen LogP contribution >= 0.6 is 11.3 Å². The number of Topliss-reactive ketones (excluding diaryl/α,β-unsaturated/α-hetero) is 1. The second-order valence-electron chi connectivity index (χ2n) is 4.34. The van der Waals surface area contributed by atoms with Crippen molar-refractivity contribution in [1.29, 1.82) is 0 Å². The van der Waals surface area contributed by atoms with Crippen molar-refractivity contribution in [3.05, 3.63) is 40.7 Å². The van der Waals surface area contributed by atoms with Crippen LogP contribution in [0.1, 0.15) is 17.3 Å². The summed E-state index contributed by atoms with van der Waals surface area (Å²) < 4.78 is 0. The van der Waals surface area contributed by atoms with Crippen LogP contribution in [0.25, 0.3) is 22.6 Å². The number of nitrogen functional groups attached to an aromatic ring is 1. The van der Waals surface area contributed by atoms with Crippen molar-refractivity contribution in [2.24, 2.45) is 0 Å². The molecule has 0 radical (unpaired) electrons. The Balaban J connectivity index is 2.15. The van der Waals surface area contributed by atoms with Crippen molar-refractivity contribution >= 4 is 23.1 Å². The van der Waals surface area contributed by atoms with Crippen LogP contribution in [0.5, 0.6) is 0 Å². The predicted molar refractivity (Wildman–Crippen MR) is 79.5 cm³/mol. The lowest BCUT2D eigenvalue weighted by Crippen LogP contribution is -1.95. The molecule has 0 aliphatic carbocycles. The van der Waals surface area contributed by atoms with Crippen LogP contribution in [0, 0.1) is 0 Å². The quantitative estimate of drug-likeness (QED) is 0.724. The molecule has 100 valence electrons. The number of aromatic amines is 1. The molecule has 3 aromatic rings. The lowest BCUT2D eigenvalue weighted by Gasteiger charge is -1.98. The van der Waals surface area contributed by atoms with Gasteiger partial charge in [0.05, 0.1) is 17.1 Å². The van der Waals surface area contributed by atoms with E-state index in [4.69, 9.17) is 5.73 Å². The maximum Gasteiger partial charge on any atom is 0.220 e. The summed E-state index contributed by atoms with van der Waals surface area (Å²) in [5.41, 5.74) is 9.47. The van der Waals surface area contributed by atoms with E-state index in [1.807, 2.05) is 16.8 Å². The molecule has 3 N–H and O–H groups in total. The fourth-order valence-electron chi connectivity index (χ4n) is 2.03. The smallest absolute Gasteiger partial charge is 0.220 e. The molecule has 20 heavy (non-hydrogen) atoms. The number of nitrogens with zero attached hydrogens (tertiary/aromatic N) is 2. The van der Waals surface area contributed by atoms with Crippen LogP contribution < -0.4 is 5.73 Å². The van der Waals surface area contributed by atoms with Crippen molar-refractivity contribution in [2.45, 2.75) is 6.92 Å². The molecule has 0 amide bonds. The molecular weight excluding hydrogens is 272 g/mol. The molecule has 0 bridgehead atoms. The maximum absolute atomic E-state index is 11.8. The summed E-state index contributed by atoms with van der Waals surface area (Å²) in [4.78, 5) is 23.1. The first kappa shape index (κ1) is 12.6. The van der Waals surface area contributed by atoms with Crippen molar-refractivity contribution in [3.8, 4) is 22.6 Å². The standard InChI is InChI=1S/C14H12N4OS/c1-8(19)10-6-12(11-2-4-16-14(15)18-11)17-13(10)9-3-5-20-7-9/h2-7,17H,1H3,(H2,15,16,18). The van der Waals surface area contributed by atoms with E-state index in [-0.39, 0.29) is 11.7 Å². The number of carbonyl (C=O) groups excluding carboxylic acids is 1. The van der Waals surface area contributed by atoms with Crippen molar-refractivity contribution in [2.75, 3.05) is 5.73 Å². The van der Waals surface area contributed by atoms with E-state index in [9.17, 15) is 4.79 Å². The number of carbonyl (C=O) groups is 1. The maximum atomic E-state index is 11.8. The number of rotatable bonds is 3. The second-order valence-corrected chi connectivity index (χ2v) is 5.12. The van der Waals surface area contributed by atoms with Gasteiger partial charge in [-0.15, -0.1) is 0 Å². The number of aromatic nitrogens is 3. The SMILES string of the molecule is CC(=O)c1cc(-c2ccnc(N)n2)[nH]c1-c1ccsc1. The number of hydrogen-bond donors (Lipinski definition) is 2. The molecule has 0 saturated carbocycles. The Morgan fingerprint density at radius 1 is 1.40 bits per heavy atom. The van der Waals surface area contributed by atoms with Gasteiger partial charge in [-0.3, -0.25) is 4.79 Å². The van der Waals surface area contributed by atoms with Crippen LogP contribution in [0.3, 0.4) is 0 Å². The number of hydrogen-bond acceptors (Lipinski definition) is 5. The minimum absolute atomic E-state index is 0.00993. The first-order valence-corrected chi connectivity index (χ1v) is 6.95. The van der Waals surface area contributed by atoms with Gasteiger partial charge in [0.15, 0.2) is 5.78 Å². The normalized spacial score (nSPS) is 10.7. The minimum atomic E-state index is 0.00993.